The van der Waals surface area contributed by atoms with Gasteiger partial charge >= 0.3 is 5.97 Å². The molecule has 1 unspecified atom stereocenters. The normalized spacial score (nSPS) is 11.4. The third kappa shape index (κ3) is 4.38. The van der Waals surface area contributed by atoms with E-state index in [2.05, 4.69) is 0 Å². The second-order valence-corrected chi connectivity index (χ2v) is 6.03. The van der Waals surface area contributed by atoms with Crippen LogP contribution >= 0.6 is 0 Å². The zero-order valence-corrected chi connectivity index (χ0v) is 15.6. The fraction of sp³-hybridized carbons (Fsp3) is 0.130. The summed E-state index contributed by atoms with van der Waals surface area (Å²) in [6.07, 6.45) is -1.06. The summed E-state index contributed by atoms with van der Waals surface area (Å²) >= 11 is 0. The molecule has 3 aromatic rings. The van der Waals surface area contributed by atoms with Gasteiger partial charge in [-0.1, -0.05) is 60.7 Å². The van der Waals surface area contributed by atoms with Gasteiger partial charge in [-0.05, 0) is 12.1 Å². The zero-order chi connectivity index (χ0) is 19.9. The molecule has 0 heterocycles. The molecular formula is C23H20O5. The van der Waals surface area contributed by atoms with Gasteiger partial charge in [0.2, 0.25) is 5.78 Å². The topological polar surface area (TPSA) is 61.8 Å². The minimum Gasteiger partial charge on any atom is -0.497 e. The van der Waals surface area contributed by atoms with Crippen LogP contribution in [0.25, 0.3) is 0 Å². The largest absolute Gasteiger partial charge is 0.497 e. The summed E-state index contributed by atoms with van der Waals surface area (Å²) in [5.41, 5.74) is 1.30. The van der Waals surface area contributed by atoms with E-state index in [1.165, 1.54) is 14.2 Å². The standard InChI is InChI=1S/C23H20O5/c1-26-19-13-18(14-20(15-19)27-2)23(25)28-22(17-11-7-4-8-12-17)21(24)16-9-5-3-6-10-16/h3-15,22H,1-2H3. The highest BCUT2D eigenvalue weighted by molar-refractivity contribution is 6.02. The second kappa shape index (κ2) is 8.86. The van der Waals surface area contributed by atoms with E-state index in [0.717, 1.165) is 0 Å². The third-order valence-corrected chi connectivity index (χ3v) is 4.21. The molecule has 0 aliphatic heterocycles. The van der Waals surface area contributed by atoms with Crippen LogP contribution in [0.1, 0.15) is 32.4 Å². The Morgan fingerprint density at radius 2 is 1.25 bits per heavy atom. The molecule has 0 N–H and O–H groups in total. The Morgan fingerprint density at radius 1 is 0.714 bits per heavy atom. The highest BCUT2D eigenvalue weighted by atomic mass is 16.5. The maximum atomic E-state index is 13.0. The van der Waals surface area contributed by atoms with Gasteiger partial charge in [0.05, 0.1) is 19.8 Å². The van der Waals surface area contributed by atoms with Crippen LogP contribution in [0, 0.1) is 0 Å². The summed E-state index contributed by atoms with van der Waals surface area (Å²) in [6, 6.07) is 22.4. The molecule has 0 aliphatic carbocycles. The number of esters is 1. The molecule has 0 fully saturated rings. The van der Waals surface area contributed by atoms with Gasteiger partial charge in [-0.2, -0.15) is 0 Å². The second-order valence-electron chi connectivity index (χ2n) is 6.03. The van der Waals surface area contributed by atoms with Gasteiger partial charge in [-0.3, -0.25) is 4.79 Å². The van der Waals surface area contributed by atoms with Crippen LogP contribution < -0.4 is 9.47 Å². The van der Waals surface area contributed by atoms with Crippen LogP contribution in [-0.2, 0) is 4.74 Å². The van der Waals surface area contributed by atoms with Crippen molar-refractivity contribution in [3.8, 4) is 11.5 Å². The van der Waals surface area contributed by atoms with Crippen molar-refractivity contribution in [2.24, 2.45) is 0 Å². The van der Waals surface area contributed by atoms with Crippen molar-refractivity contribution < 1.29 is 23.8 Å². The molecule has 0 aliphatic rings. The molecule has 3 rings (SSSR count). The number of ether oxygens (including phenoxy) is 3. The molecule has 0 saturated carbocycles. The summed E-state index contributed by atoms with van der Waals surface area (Å²) in [6.45, 7) is 0. The minimum absolute atomic E-state index is 0.234. The van der Waals surface area contributed by atoms with Crippen molar-refractivity contribution >= 4 is 11.8 Å². The summed E-state index contributed by atoms with van der Waals surface area (Å²) in [7, 11) is 2.99. The van der Waals surface area contributed by atoms with E-state index in [9.17, 15) is 9.59 Å². The van der Waals surface area contributed by atoms with Crippen molar-refractivity contribution in [1.82, 2.24) is 0 Å². The van der Waals surface area contributed by atoms with E-state index in [-0.39, 0.29) is 11.3 Å². The molecule has 0 spiro atoms. The van der Waals surface area contributed by atoms with Crippen LogP contribution in [-0.4, -0.2) is 26.0 Å². The van der Waals surface area contributed by atoms with Crippen molar-refractivity contribution in [1.29, 1.82) is 0 Å². The van der Waals surface area contributed by atoms with Gasteiger partial charge in [-0.15, -0.1) is 0 Å². The summed E-state index contributed by atoms with van der Waals surface area (Å²) in [5, 5.41) is 0. The van der Waals surface area contributed by atoms with Crippen LogP contribution in [0.3, 0.4) is 0 Å². The van der Waals surface area contributed by atoms with Crippen molar-refractivity contribution in [3.05, 3.63) is 95.6 Å². The maximum Gasteiger partial charge on any atom is 0.339 e. The highest BCUT2D eigenvalue weighted by Gasteiger charge is 2.27. The van der Waals surface area contributed by atoms with E-state index < -0.39 is 12.1 Å². The molecule has 5 heteroatoms. The Labute approximate surface area is 163 Å². The smallest absolute Gasteiger partial charge is 0.339 e. The fourth-order valence-electron chi connectivity index (χ4n) is 2.75. The lowest BCUT2D eigenvalue weighted by atomic mass is 9.99. The number of carbonyl (C=O) groups excluding carboxylic acids is 2. The molecule has 0 radical (unpaired) electrons. The van der Waals surface area contributed by atoms with Crippen molar-refractivity contribution in [2.45, 2.75) is 6.10 Å². The van der Waals surface area contributed by atoms with Gasteiger partial charge in [0.25, 0.3) is 0 Å². The minimum atomic E-state index is -1.06. The highest BCUT2D eigenvalue weighted by Crippen LogP contribution is 2.27. The predicted octanol–water partition coefficient (Wildman–Crippen LogP) is 4.48. The molecule has 1 atom stereocenters. The molecule has 28 heavy (non-hydrogen) atoms. The average molecular weight is 376 g/mol. The Hall–Kier alpha value is -3.60. The lowest BCUT2D eigenvalue weighted by Gasteiger charge is -2.18. The van der Waals surface area contributed by atoms with Gasteiger partial charge in [-0.25, -0.2) is 4.79 Å². The molecule has 142 valence electrons. The number of benzene rings is 3. The Bertz CT molecular complexity index is 929. The Balaban J connectivity index is 1.94. The van der Waals surface area contributed by atoms with E-state index in [0.29, 0.717) is 22.6 Å². The molecule has 0 saturated heterocycles. The van der Waals surface area contributed by atoms with Crippen molar-refractivity contribution in [3.63, 3.8) is 0 Å². The molecule has 5 nitrogen and oxygen atoms in total. The summed E-state index contributed by atoms with van der Waals surface area (Å²) < 4.78 is 16.0. The first kappa shape index (κ1) is 19.2. The van der Waals surface area contributed by atoms with Gasteiger partial charge in [0, 0.05) is 17.2 Å². The quantitative estimate of drug-likeness (QED) is 0.449. The molecule has 3 aromatic carbocycles. The first-order chi connectivity index (χ1) is 13.6. The van der Waals surface area contributed by atoms with E-state index in [1.54, 1.807) is 66.7 Å². The van der Waals surface area contributed by atoms with E-state index in [4.69, 9.17) is 14.2 Å². The molecular weight excluding hydrogens is 356 g/mol. The first-order valence-corrected chi connectivity index (χ1v) is 8.70. The van der Waals surface area contributed by atoms with Crippen LogP contribution in [0.5, 0.6) is 11.5 Å². The summed E-state index contributed by atoms with van der Waals surface area (Å²) in [4.78, 5) is 25.8. The average Bonchev–Trinajstić information content (AvgIpc) is 2.77. The zero-order valence-electron chi connectivity index (χ0n) is 15.6. The molecule has 0 bridgehead atoms. The molecule has 0 aromatic heterocycles. The fourth-order valence-corrected chi connectivity index (χ4v) is 2.75. The number of ketones is 1. The van der Waals surface area contributed by atoms with Crippen LogP contribution in [0.15, 0.2) is 78.9 Å². The predicted molar refractivity (Wildman–Crippen MR) is 105 cm³/mol. The Kier molecular flexibility index (Phi) is 6.07. The lowest BCUT2D eigenvalue weighted by Crippen LogP contribution is -2.20. The number of rotatable bonds is 7. The van der Waals surface area contributed by atoms with E-state index in [1.807, 2.05) is 12.1 Å². The van der Waals surface area contributed by atoms with Crippen molar-refractivity contribution in [2.75, 3.05) is 14.2 Å². The number of carbonyl (C=O) groups is 2. The van der Waals surface area contributed by atoms with Gasteiger partial charge in [0.15, 0.2) is 6.10 Å². The summed E-state index contributed by atoms with van der Waals surface area (Å²) in [5.74, 6) is -0.0285. The third-order valence-electron chi connectivity index (χ3n) is 4.21. The lowest BCUT2D eigenvalue weighted by molar-refractivity contribution is 0.0279. The van der Waals surface area contributed by atoms with Crippen LogP contribution in [0.2, 0.25) is 0 Å². The van der Waals surface area contributed by atoms with Gasteiger partial charge < -0.3 is 14.2 Å². The number of hydrogen-bond acceptors (Lipinski definition) is 5. The monoisotopic (exact) mass is 376 g/mol. The maximum absolute atomic E-state index is 13.0. The number of hydrogen-bond donors (Lipinski definition) is 0. The first-order valence-electron chi connectivity index (χ1n) is 8.70. The molecule has 0 amide bonds. The Morgan fingerprint density at radius 3 is 1.79 bits per heavy atom. The number of methoxy groups -OCH3 is 2. The SMILES string of the molecule is COc1cc(OC)cc(C(=O)OC(C(=O)c2ccccc2)c2ccccc2)c1. The number of Topliss-reactive ketones (excluding diaryl/α,β-unsaturated/α-hetero) is 1. The van der Waals surface area contributed by atoms with E-state index >= 15 is 0 Å². The van der Waals surface area contributed by atoms with Gasteiger partial charge in [0.1, 0.15) is 11.5 Å². The van der Waals surface area contributed by atoms with Crippen LogP contribution in [0.4, 0.5) is 0 Å².